The largest absolute Gasteiger partial charge is 0.344 e. The van der Waals surface area contributed by atoms with E-state index in [0.717, 1.165) is 19.3 Å². The van der Waals surface area contributed by atoms with Crippen molar-refractivity contribution in [1.29, 1.82) is 5.26 Å². The third kappa shape index (κ3) is 3.46. The Kier molecular flexibility index (Phi) is 4.99. The SMILES string of the molecule is CC(C)CC1(C(=O)N(C)CCC#N)CCCC1. The van der Waals surface area contributed by atoms with Gasteiger partial charge in [0.25, 0.3) is 0 Å². The third-order valence-corrected chi connectivity index (χ3v) is 3.72. The number of hydrogen-bond donors (Lipinski definition) is 0. The number of hydrogen-bond acceptors (Lipinski definition) is 2. The molecule has 0 heterocycles. The fourth-order valence-electron chi connectivity index (χ4n) is 3.06. The first-order valence-corrected chi connectivity index (χ1v) is 6.64. The summed E-state index contributed by atoms with van der Waals surface area (Å²) in [5, 5.41) is 8.58. The zero-order valence-electron chi connectivity index (χ0n) is 11.3. The zero-order chi connectivity index (χ0) is 12.9. The van der Waals surface area contributed by atoms with Gasteiger partial charge in [-0.3, -0.25) is 4.79 Å². The van der Waals surface area contributed by atoms with Crippen LogP contribution >= 0.6 is 0 Å². The first-order chi connectivity index (χ1) is 8.02. The Morgan fingerprint density at radius 3 is 2.47 bits per heavy atom. The van der Waals surface area contributed by atoms with E-state index in [1.165, 1.54) is 12.8 Å². The molecule has 1 rings (SSSR count). The number of carbonyl (C=O) groups excluding carboxylic acids is 1. The molecular weight excluding hydrogens is 212 g/mol. The van der Waals surface area contributed by atoms with E-state index in [1.54, 1.807) is 4.90 Å². The van der Waals surface area contributed by atoms with E-state index in [2.05, 4.69) is 19.9 Å². The fraction of sp³-hybridized carbons (Fsp3) is 0.857. The van der Waals surface area contributed by atoms with Crippen molar-refractivity contribution in [3.05, 3.63) is 0 Å². The van der Waals surface area contributed by atoms with E-state index in [-0.39, 0.29) is 11.3 Å². The van der Waals surface area contributed by atoms with Gasteiger partial charge in [0, 0.05) is 19.0 Å². The van der Waals surface area contributed by atoms with Crippen LogP contribution in [0.1, 0.15) is 52.4 Å². The molecule has 1 fully saturated rings. The summed E-state index contributed by atoms with van der Waals surface area (Å²) >= 11 is 0. The number of amides is 1. The van der Waals surface area contributed by atoms with Gasteiger partial charge in [-0.2, -0.15) is 5.26 Å². The lowest BCUT2D eigenvalue weighted by atomic mass is 9.77. The summed E-state index contributed by atoms with van der Waals surface area (Å²) in [6, 6.07) is 2.10. The first kappa shape index (κ1) is 14.0. The Morgan fingerprint density at radius 1 is 1.41 bits per heavy atom. The maximum absolute atomic E-state index is 12.5. The molecule has 1 aliphatic rings. The van der Waals surface area contributed by atoms with Gasteiger partial charge in [0.05, 0.1) is 12.5 Å². The second-order valence-electron chi connectivity index (χ2n) is 5.72. The van der Waals surface area contributed by atoms with Gasteiger partial charge in [-0.1, -0.05) is 26.7 Å². The van der Waals surface area contributed by atoms with Crippen molar-refractivity contribution in [1.82, 2.24) is 4.90 Å². The van der Waals surface area contributed by atoms with E-state index < -0.39 is 0 Å². The Morgan fingerprint density at radius 2 is 2.00 bits per heavy atom. The molecule has 1 saturated carbocycles. The fourth-order valence-corrected chi connectivity index (χ4v) is 3.06. The molecule has 0 unspecified atom stereocenters. The molecule has 0 aromatic rings. The lowest BCUT2D eigenvalue weighted by Crippen LogP contribution is -2.41. The molecule has 3 heteroatoms. The molecule has 1 amide bonds. The summed E-state index contributed by atoms with van der Waals surface area (Å²) in [6.45, 7) is 4.93. The van der Waals surface area contributed by atoms with Gasteiger partial charge in [0.1, 0.15) is 0 Å². The number of rotatable bonds is 5. The van der Waals surface area contributed by atoms with Crippen molar-refractivity contribution in [2.75, 3.05) is 13.6 Å². The molecule has 0 aromatic carbocycles. The minimum absolute atomic E-state index is 0.127. The number of nitriles is 1. The maximum Gasteiger partial charge on any atom is 0.228 e. The van der Waals surface area contributed by atoms with Crippen LogP contribution in [0.4, 0.5) is 0 Å². The Bertz CT molecular complexity index is 298. The number of nitrogens with zero attached hydrogens (tertiary/aromatic N) is 2. The van der Waals surface area contributed by atoms with Crippen LogP contribution < -0.4 is 0 Å². The lowest BCUT2D eigenvalue weighted by Gasteiger charge is -2.33. The quantitative estimate of drug-likeness (QED) is 0.736. The Balaban J connectivity index is 2.70. The summed E-state index contributed by atoms with van der Waals surface area (Å²) in [5.41, 5.74) is -0.127. The molecule has 3 nitrogen and oxygen atoms in total. The Hall–Kier alpha value is -1.04. The molecule has 0 atom stereocenters. The highest BCUT2D eigenvalue weighted by Crippen LogP contribution is 2.44. The smallest absolute Gasteiger partial charge is 0.228 e. The third-order valence-electron chi connectivity index (χ3n) is 3.72. The molecule has 0 saturated heterocycles. The normalized spacial score (nSPS) is 18.1. The molecule has 0 radical (unpaired) electrons. The molecule has 0 spiro atoms. The molecule has 1 aliphatic carbocycles. The monoisotopic (exact) mass is 236 g/mol. The van der Waals surface area contributed by atoms with Crippen molar-refractivity contribution in [2.45, 2.75) is 52.4 Å². The molecule has 0 aromatic heterocycles. The predicted molar refractivity (Wildman–Crippen MR) is 68.2 cm³/mol. The van der Waals surface area contributed by atoms with Crippen LogP contribution in [-0.4, -0.2) is 24.4 Å². The van der Waals surface area contributed by atoms with Crippen molar-refractivity contribution < 1.29 is 4.79 Å². The molecular formula is C14H24N2O. The second-order valence-corrected chi connectivity index (χ2v) is 5.72. The van der Waals surface area contributed by atoms with Gasteiger partial charge in [0.15, 0.2) is 0 Å². The van der Waals surface area contributed by atoms with Gasteiger partial charge >= 0.3 is 0 Å². The highest BCUT2D eigenvalue weighted by molar-refractivity contribution is 5.82. The summed E-state index contributed by atoms with van der Waals surface area (Å²) < 4.78 is 0. The molecule has 0 bridgehead atoms. The van der Waals surface area contributed by atoms with Crippen LogP contribution in [-0.2, 0) is 4.79 Å². The van der Waals surface area contributed by atoms with E-state index in [1.807, 2.05) is 7.05 Å². The average molecular weight is 236 g/mol. The highest BCUT2D eigenvalue weighted by atomic mass is 16.2. The standard InChI is InChI=1S/C14H24N2O/c1-12(2)11-14(7-4-5-8-14)13(17)16(3)10-6-9-15/h12H,4-8,10-11H2,1-3H3. The van der Waals surface area contributed by atoms with Gasteiger partial charge in [-0.25, -0.2) is 0 Å². The topological polar surface area (TPSA) is 44.1 Å². The van der Waals surface area contributed by atoms with Crippen LogP contribution in [0.25, 0.3) is 0 Å². The van der Waals surface area contributed by atoms with E-state index >= 15 is 0 Å². The minimum atomic E-state index is -0.127. The zero-order valence-corrected chi connectivity index (χ0v) is 11.3. The molecule has 0 aliphatic heterocycles. The molecule has 17 heavy (non-hydrogen) atoms. The van der Waals surface area contributed by atoms with Gasteiger partial charge < -0.3 is 4.90 Å². The van der Waals surface area contributed by atoms with Crippen LogP contribution in [0, 0.1) is 22.7 Å². The molecule has 96 valence electrons. The van der Waals surface area contributed by atoms with Gasteiger partial charge in [-0.05, 0) is 25.2 Å². The van der Waals surface area contributed by atoms with Crippen molar-refractivity contribution in [3.63, 3.8) is 0 Å². The first-order valence-electron chi connectivity index (χ1n) is 6.64. The van der Waals surface area contributed by atoms with E-state index in [4.69, 9.17) is 5.26 Å². The van der Waals surface area contributed by atoms with Crippen molar-refractivity contribution >= 4 is 5.91 Å². The average Bonchev–Trinajstić information content (AvgIpc) is 2.73. The van der Waals surface area contributed by atoms with Gasteiger partial charge in [0.2, 0.25) is 5.91 Å². The summed E-state index contributed by atoms with van der Waals surface area (Å²) in [7, 11) is 1.83. The Labute approximate surface area is 105 Å². The number of carbonyl (C=O) groups is 1. The van der Waals surface area contributed by atoms with Crippen molar-refractivity contribution in [3.8, 4) is 6.07 Å². The van der Waals surface area contributed by atoms with Crippen LogP contribution in [0.5, 0.6) is 0 Å². The van der Waals surface area contributed by atoms with Crippen LogP contribution in [0.15, 0.2) is 0 Å². The van der Waals surface area contributed by atoms with Crippen molar-refractivity contribution in [2.24, 2.45) is 11.3 Å². The predicted octanol–water partition coefficient (Wildman–Crippen LogP) is 2.96. The van der Waals surface area contributed by atoms with Crippen LogP contribution in [0.3, 0.4) is 0 Å². The molecule has 0 N–H and O–H groups in total. The van der Waals surface area contributed by atoms with Gasteiger partial charge in [-0.15, -0.1) is 0 Å². The highest BCUT2D eigenvalue weighted by Gasteiger charge is 2.42. The minimum Gasteiger partial charge on any atom is -0.344 e. The van der Waals surface area contributed by atoms with E-state index in [0.29, 0.717) is 18.9 Å². The summed E-state index contributed by atoms with van der Waals surface area (Å²) in [4.78, 5) is 14.3. The summed E-state index contributed by atoms with van der Waals surface area (Å²) in [6.07, 6.45) is 5.82. The summed E-state index contributed by atoms with van der Waals surface area (Å²) in [5.74, 6) is 0.820. The second kappa shape index (κ2) is 6.05. The van der Waals surface area contributed by atoms with E-state index in [9.17, 15) is 4.79 Å². The maximum atomic E-state index is 12.5. The lowest BCUT2D eigenvalue weighted by molar-refractivity contribution is -0.141. The van der Waals surface area contributed by atoms with Crippen LogP contribution in [0.2, 0.25) is 0 Å².